The highest BCUT2D eigenvalue weighted by Gasteiger charge is 2.60. The molecule has 1 saturated carbocycles. The molecule has 1 aromatic heterocycles. The Kier molecular flexibility index (Phi) is 10.4. The zero-order chi connectivity index (χ0) is 36.3. The van der Waals surface area contributed by atoms with Gasteiger partial charge in [0.05, 0.1) is 31.3 Å². The molecular weight excluding hydrogens is 648 g/mol. The van der Waals surface area contributed by atoms with Crippen LogP contribution >= 0.6 is 0 Å². The topological polar surface area (TPSA) is 150 Å². The zero-order valence-electron chi connectivity index (χ0n) is 29.9. The van der Waals surface area contributed by atoms with Crippen molar-refractivity contribution in [1.29, 1.82) is 0 Å². The molecule has 3 aromatic rings. The average Bonchev–Trinajstić information content (AvgIpc) is 3.63. The first kappa shape index (κ1) is 35.9. The van der Waals surface area contributed by atoms with Crippen molar-refractivity contribution in [2.75, 3.05) is 13.7 Å². The largest absolute Gasteiger partial charge is 0.497 e. The van der Waals surface area contributed by atoms with E-state index in [-0.39, 0.29) is 31.2 Å². The lowest BCUT2D eigenvalue weighted by molar-refractivity contribution is -0.159. The first-order valence-electron chi connectivity index (χ1n) is 17.9. The maximum Gasteiger partial charge on any atom is 0.307 e. The number of nitrogens with two attached hydrogens (primary N) is 1. The van der Waals surface area contributed by atoms with E-state index in [1.807, 2.05) is 66.7 Å². The van der Waals surface area contributed by atoms with Crippen molar-refractivity contribution in [2.45, 2.75) is 95.4 Å². The number of allylic oxidation sites excluding steroid dienone is 1. The molecule has 5 atom stereocenters. The quantitative estimate of drug-likeness (QED) is 0.243. The van der Waals surface area contributed by atoms with Crippen molar-refractivity contribution in [2.24, 2.45) is 17.6 Å². The van der Waals surface area contributed by atoms with Gasteiger partial charge in [0.2, 0.25) is 17.7 Å². The first-order chi connectivity index (χ1) is 24.4. The minimum atomic E-state index is -1.21. The highest BCUT2D eigenvalue weighted by molar-refractivity contribution is 5.97. The second kappa shape index (κ2) is 14.7. The van der Waals surface area contributed by atoms with Gasteiger partial charge in [-0.15, -0.1) is 0 Å². The van der Waals surface area contributed by atoms with Gasteiger partial charge in [0.25, 0.3) is 0 Å². The van der Waals surface area contributed by atoms with Crippen molar-refractivity contribution in [3.63, 3.8) is 0 Å². The van der Waals surface area contributed by atoms with Crippen LogP contribution in [-0.2, 0) is 23.9 Å². The molecule has 3 amide bonds. The Morgan fingerprint density at radius 1 is 1.06 bits per heavy atom. The van der Waals surface area contributed by atoms with Crippen LogP contribution in [-0.4, -0.2) is 70.5 Å². The Bertz CT molecular complexity index is 1820. The standard InChI is InChI=1S/C40H48N4O7/c1-39(2,3)51-35(45)19-26-15-9-6-5-7-12-16-27-23-40(27,38(41)48)43-36(46)33-21-29(24-44(33)37(26)47)50-34-22-31(25-13-10-8-11-14-25)42-32-20-28(49-4)17-18-30(32)34/h8,10-14,16-18,20,22,26-27,29,33H,5-7,9,15,19,21,23-24H2,1-4H3,(H2,41,48)(H,43,46)/b16-12-/t26-,27-,29-,33+,40-/m1/s1. The van der Waals surface area contributed by atoms with E-state index in [0.717, 1.165) is 36.6 Å². The molecule has 11 heteroatoms. The number of nitrogens with zero attached hydrogens (tertiary/aromatic N) is 2. The lowest BCUT2D eigenvalue weighted by Crippen LogP contribution is -2.55. The monoisotopic (exact) mass is 696 g/mol. The summed E-state index contributed by atoms with van der Waals surface area (Å²) in [7, 11) is 1.60. The molecule has 3 heterocycles. The first-order valence-corrected chi connectivity index (χ1v) is 17.9. The third-order valence-electron chi connectivity index (χ3n) is 9.97. The van der Waals surface area contributed by atoms with Crippen molar-refractivity contribution in [3.05, 3.63) is 66.7 Å². The fraction of sp³-hybridized carbons (Fsp3) is 0.475. The molecule has 0 unspecified atom stereocenters. The van der Waals surface area contributed by atoms with Crippen molar-refractivity contribution < 1.29 is 33.4 Å². The number of carbonyl (C=O) groups is 4. The SMILES string of the molecule is COc1ccc2c(O[C@@H]3C[C@H]4C(=O)N[C@]5(C(N)=O)C[C@H]5/C=C\CCCCC[C@H](CC(=O)OC(C)(C)C)C(=O)N4C3)cc(-c3ccccc3)nc2c1. The summed E-state index contributed by atoms with van der Waals surface area (Å²) in [6.45, 7) is 5.49. The van der Waals surface area contributed by atoms with Crippen LogP contribution in [0.25, 0.3) is 22.2 Å². The van der Waals surface area contributed by atoms with Gasteiger partial charge in [-0.1, -0.05) is 55.3 Å². The Hall–Kier alpha value is -4.93. The Morgan fingerprint density at radius 2 is 1.84 bits per heavy atom. The smallest absolute Gasteiger partial charge is 0.307 e. The van der Waals surface area contributed by atoms with Crippen LogP contribution in [0.5, 0.6) is 11.5 Å². The van der Waals surface area contributed by atoms with Gasteiger partial charge in [-0.2, -0.15) is 0 Å². The Labute approximate surface area is 298 Å². The second-order valence-corrected chi connectivity index (χ2v) is 14.9. The van der Waals surface area contributed by atoms with Crippen LogP contribution in [0.4, 0.5) is 0 Å². The summed E-state index contributed by atoms with van der Waals surface area (Å²) < 4.78 is 17.8. The molecule has 3 aliphatic rings. The van der Waals surface area contributed by atoms with Crippen LogP contribution in [0.2, 0.25) is 0 Å². The molecule has 51 heavy (non-hydrogen) atoms. The molecule has 6 rings (SSSR count). The number of fused-ring (bicyclic) bond motifs is 3. The van der Waals surface area contributed by atoms with E-state index in [4.69, 9.17) is 24.9 Å². The number of rotatable bonds is 7. The summed E-state index contributed by atoms with van der Waals surface area (Å²) in [6.07, 6.45) is 7.67. The molecule has 1 saturated heterocycles. The van der Waals surface area contributed by atoms with Crippen LogP contribution in [0, 0.1) is 11.8 Å². The Morgan fingerprint density at radius 3 is 2.57 bits per heavy atom. The third kappa shape index (κ3) is 8.18. The lowest BCUT2D eigenvalue weighted by Gasteiger charge is -2.29. The van der Waals surface area contributed by atoms with Gasteiger partial charge in [0, 0.05) is 41.3 Å². The van der Waals surface area contributed by atoms with Gasteiger partial charge in [-0.25, -0.2) is 4.98 Å². The second-order valence-electron chi connectivity index (χ2n) is 14.9. The minimum Gasteiger partial charge on any atom is -0.497 e. The zero-order valence-corrected chi connectivity index (χ0v) is 29.9. The highest BCUT2D eigenvalue weighted by atomic mass is 16.6. The van der Waals surface area contributed by atoms with E-state index in [9.17, 15) is 19.2 Å². The van der Waals surface area contributed by atoms with E-state index < -0.39 is 47.0 Å². The molecule has 0 spiro atoms. The van der Waals surface area contributed by atoms with Crippen LogP contribution < -0.4 is 20.5 Å². The number of pyridine rings is 1. The van der Waals surface area contributed by atoms with E-state index >= 15 is 0 Å². The maximum absolute atomic E-state index is 14.5. The molecule has 1 aliphatic carbocycles. The summed E-state index contributed by atoms with van der Waals surface area (Å²) in [6, 6.07) is 16.2. The molecule has 0 radical (unpaired) electrons. The predicted molar refractivity (Wildman–Crippen MR) is 193 cm³/mol. The highest BCUT2D eigenvalue weighted by Crippen LogP contribution is 2.45. The fourth-order valence-electron chi connectivity index (χ4n) is 7.25. The van der Waals surface area contributed by atoms with Crippen molar-refractivity contribution >= 4 is 34.6 Å². The number of carbonyl (C=O) groups excluding carboxylic acids is 4. The van der Waals surface area contributed by atoms with Crippen molar-refractivity contribution in [3.8, 4) is 22.8 Å². The number of ether oxygens (including phenoxy) is 3. The van der Waals surface area contributed by atoms with Crippen LogP contribution in [0.1, 0.15) is 72.1 Å². The lowest BCUT2D eigenvalue weighted by atomic mass is 9.95. The van der Waals surface area contributed by atoms with Gasteiger partial charge >= 0.3 is 5.97 Å². The summed E-state index contributed by atoms with van der Waals surface area (Å²) >= 11 is 0. The van der Waals surface area contributed by atoms with Crippen LogP contribution in [0.3, 0.4) is 0 Å². The fourth-order valence-corrected chi connectivity index (χ4v) is 7.25. The number of hydrogen-bond acceptors (Lipinski definition) is 8. The summed E-state index contributed by atoms with van der Waals surface area (Å²) in [4.78, 5) is 60.9. The minimum absolute atomic E-state index is 0.100. The van der Waals surface area contributed by atoms with Gasteiger partial charge < -0.3 is 30.2 Å². The number of aromatic nitrogens is 1. The molecule has 0 bridgehead atoms. The van der Waals surface area contributed by atoms with E-state index in [0.29, 0.717) is 35.6 Å². The average molecular weight is 697 g/mol. The maximum atomic E-state index is 14.5. The predicted octanol–water partition coefficient (Wildman–Crippen LogP) is 5.49. The summed E-state index contributed by atoms with van der Waals surface area (Å²) in [5, 5.41) is 3.69. The third-order valence-corrected chi connectivity index (χ3v) is 9.97. The Balaban J connectivity index is 1.34. The molecule has 270 valence electrons. The molecule has 11 nitrogen and oxygen atoms in total. The number of esters is 1. The van der Waals surface area contributed by atoms with Gasteiger partial charge in [0.1, 0.15) is 34.8 Å². The molecular formula is C40H48N4O7. The van der Waals surface area contributed by atoms with Gasteiger partial charge in [0.15, 0.2) is 0 Å². The normalized spacial score (nSPS) is 26.2. The summed E-state index contributed by atoms with van der Waals surface area (Å²) in [5.41, 5.74) is 6.21. The van der Waals surface area contributed by atoms with Gasteiger partial charge in [-0.3, -0.25) is 19.2 Å². The van der Waals surface area contributed by atoms with Crippen LogP contribution in [0.15, 0.2) is 66.7 Å². The number of nitrogens with one attached hydrogen (secondary N) is 1. The number of methoxy groups -OCH3 is 1. The van der Waals surface area contributed by atoms with Crippen molar-refractivity contribution in [1.82, 2.24) is 15.2 Å². The summed E-state index contributed by atoms with van der Waals surface area (Å²) in [5.74, 6) is -1.55. The number of amides is 3. The van der Waals surface area contributed by atoms with E-state index in [2.05, 4.69) is 5.32 Å². The molecule has 2 aromatic carbocycles. The number of hydrogen-bond donors (Lipinski definition) is 2. The molecule has 3 N–H and O–H groups in total. The van der Waals surface area contributed by atoms with E-state index in [1.54, 1.807) is 27.9 Å². The number of primary amides is 1. The molecule has 2 fully saturated rings. The van der Waals surface area contributed by atoms with E-state index in [1.165, 1.54) is 4.90 Å². The number of benzene rings is 2. The molecule has 2 aliphatic heterocycles. The van der Waals surface area contributed by atoms with Gasteiger partial charge in [-0.05, 0) is 58.6 Å².